The molecule has 8 nitrogen and oxygen atoms in total. The third-order valence-electron chi connectivity index (χ3n) is 11.3. The van der Waals surface area contributed by atoms with E-state index in [0.717, 1.165) is 38.5 Å². The number of carbonyl (C=O) groups excluding carboxylic acids is 3. The minimum atomic E-state index is -0.518. The van der Waals surface area contributed by atoms with Crippen LogP contribution in [0.2, 0.25) is 0 Å². The van der Waals surface area contributed by atoms with Gasteiger partial charge in [0.15, 0.2) is 0 Å². The van der Waals surface area contributed by atoms with Gasteiger partial charge in [-0.25, -0.2) is 4.79 Å². The van der Waals surface area contributed by atoms with Crippen LogP contribution in [0, 0.1) is 45.8 Å². The van der Waals surface area contributed by atoms with Gasteiger partial charge in [-0.15, -0.1) is 0 Å². The molecule has 1 aromatic carbocycles. The smallest absolute Gasteiger partial charge is 0.407 e. The average Bonchev–Trinajstić information content (AvgIpc) is 3.36. The molecule has 3 fully saturated rings. The monoisotopic (exact) mass is 587 g/mol. The fourth-order valence-electron chi connectivity index (χ4n) is 9.11. The summed E-state index contributed by atoms with van der Waals surface area (Å²) in [5.74, 6) is 2.52. The Balaban J connectivity index is 1.10. The molecule has 3 saturated carbocycles. The Kier molecular flexibility index (Phi) is 9.01. The third kappa shape index (κ3) is 5.96. The van der Waals surface area contributed by atoms with Crippen LogP contribution in [-0.4, -0.2) is 44.1 Å². The molecular weight excluding hydrogens is 542 g/mol. The molecule has 0 bridgehead atoms. The van der Waals surface area contributed by atoms with Gasteiger partial charge < -0.3 is 20.1 Å². The number of nitriles is 1. The van der Waals surface area contributed by atoms with E-state index in [1.165, 1.54) is 31.6 Å². The minimum Gasteiger partial charge on any atom is -0.496 e. The molecular formula is C35H45N3O5. The Morgan fingerprint density at radius 3 is 2.56 bits per heavy atom. The topological polar surface area (TPSA) is 118 Å². The highest BCUT2D eigenvalue weighted by Gasteiger charge is 2.59. The van der Waals surface area contributed by atoms with Crippen molar-refractivity contribution in [3.8, 4) is 11.8 Å². The molecule has 7 atom stereocenters. The molecule has 0 heterocycles. The molecule has 0 aromatic heterocycles. The van der Waals surface area contributed by atoms with Gasteiger partial charge in [-0.1, -0.05) is 43.7 Å². The van der Waals surface area contributed by atoms with Gasteiger partial charge in [0, 0.05) is 31.0 Å². The van der Waals surface area contributed by atoms with Crippen molar-refractivity contribution in [1.29, 1.82) is 5.26 Å². The summed E-state index contributed by atoms with van der Waals surface area (Å²) in [4.78, 5) is 37.5. The van der Waals surface area contributed by atoms with Crippen molar-refractivity contribution < 1.29 is 23.9 Å². The Bertz CT molecular complexity index is 1360. The number of benzene rings is 1. The summed E-state index contributed by atoms with van der Waals surface area (Å²) >= 11 is 0. The van der Waals surface area contributed by atoms with Crippen LogP contribution < -0.4 is 15.4 Å². The molecule has 0 spiro atoms. The Labute approximate surface area is 255 Å². The predicted molar refractivity (Wildman–Crippen MR) is 164 cm³/mol. The molecule has 4 aliphatic carbocycles. The molecule has 0 radical (unpaired) electrons. The van der Waals surface area contributed by atoms with Crippen molar-refractivity contribution >= 4 is 23.9 Å². The molecule has 230 valence electrons. The predicted octanol–water partition coefficient (Wildman–Crippen LogP) is 5.98. The summed E-state index contributed by atoms with van der Waals surface area (Å²) < 4.78 is 11.1. The van der Waals surface area contributed by atoms with Gasteiger partial charge in [-0.2, -0.15) is 5.26 Å². The van der Waals surface area contributed by atoms with E-state index < -0.39 is 12.0 Å². The summed E-state index contributed by atoms with van der Waals surface area (Å²) in [6.45, 7) is 6.94. The summed E-state index contributed by atoms with van der Waals surface area (Å²) in [5.41, 5.74) is 2.30. The quantitative estimate of drug-likeness (QED) is 0.167. The highest BCUT2D eigenvalue weighted by atomic mass is 16.6. The lowest BCUT2D eigenvalue weighted by atomic mass is 9.47. The second kappa shape index (κ2) is 12.6. The van der Waals surface area contributed by atoms with E-state index in [2.05, 4.69) is 30.6 Å². The standard InChI is InChI=1S/C35H45N3O5/c1-22(39)28-11-12-29-27-10-9-25-20-26(13-15-34(25,2)30(27)14-16-35(28,29)3)43-33(41)38-18-17-37-32(40)24(21-36)19-23-7-5-6-8-31(23)42-4/h5-9,19,26-30H,10-18,20H2,1-4H3,(H,37,40)(H,38,41)/b24-19+/t26-,27-,28+,29-,30-,34-,35+/m0/s1. The van der Waals surface area contributed by atoms with Crippen LogP contribution in [0.3, 0.4) is 0 Å². The van der Waals surface area contributed by atoms with Gasteiger partial charge in [0.05, 0.1) is 7.11 Å². The lowest BCUT2D eigenvalue weighted by Crippen LogP contribution is -2.51. The van der Waals surface area contributed by atoms with Crippen LogP contribution in [0.15, 0.2) is 41.5 Å². The Hall–Kier alpha value is -3.60. The van der Waals surface area contributed by atoms with Crippen molar-refractivity contribution in [2.45, 2.75) is 78.2 Å². The third-order valence-corrected chi connectivity index (χ3v) is 11.3. The van der Waals surface area contributed by atoms with Crippen LogP contribution in [0.1, 0.15) is 77.7 Å². The first kappa shape index (κ1) is 30.8. The van der Waals surface area contributed by atoms with Crippen LogP contribution in [0.5, 0.6) is 5.75 Å². The number of hydrogen-bond donors (Lipinski definition) is 2. The number of Topliss-reactive ketones (excluding diaryl/α,β-unsaturated/α-hetero) is 1. The van der Waals surface area contributed by atoms with Crippen LogP contribution in [0.25, 0.3) is 6.08 Å². The van der Waals surface area contributed by atoms with E-state index in [-0.39, 0.29) is 41.5 Å². The second-order valence-electron chi connectivity index (χ2n) is 13.4. The van der Waals surface area contributed by atoms with Crippen LogP contribution in [-0.2, 0) is 14.3 Å². The Morgan fingerprint density at radius 1 is 1.05 bits per heavy atom. The van der Waals surface area contributed by atoms with E-state index in [1.807, 2.05) is 12.1 Å². The van der Waals surface area contributed by atoms with Crippen LogP contribution in [0.4, 0.5) is 4.79 Å². The van der Waals surface area contributed by atoms with Crippen molar-refractivity contribution in [2.24, 2.45) is 34.5 Å². The first-order chi connectivity index (χ1) is 20.6. The fourth-order valence-corrected chi connectivity index (χ4v) is 9.11. The van der Waals surface area contributed by atoms with E-state index in [9.17, 15) is 19.6 Å². The van der Waals surface area contributed by atoms with E-state index in [4.69, 9.17) is 9.47 Å². The molecule has 4 aliphatic rings. The summed E-state index contributed by atoms with van der Waals surface area (Å²) in [6, 6.07) is 9.07. The summed E-state index contributed by atoms with van der Waals surface area (Å²) in [5, 5.41) is 14.9. The van der Waals surface area contributed by atoms with Gasteiger partial charge in [0.1, 0.15) is 29.3 Å². The maximum absolute atomic E-state index is 12.6. The van der Waals surface area contributed by atoms with Crippen molar-refractivity contribution in [1.82, 2.24) is 10.6 Å². The zero-order chi connectivity index (χ0) is 30.8. The lowest BCUT2D eigenvalue weighted by molar-refractivity contribution is -0.127. The summed E-state index contributed by atoms with van der Waals surface area (Å²) in [6.07, 6.45) is 11.5. The van der Waals surface area contributed by atoms with Crippen molar-refractivity contribution in [3.05, 3.63) is 47.1 Å². The Morgan fingerprint density at radius 2 is 1.81 bits per heavy atom. The molecule has 5 rings (SSSR count). The highest BCUT2D eigenvalue weighted by Crippen LogP contribution is 2.66. The number of carbonyl (C=O) groups is 3. The number of hydrogen-bond acceptors (Lipinski definition) is 6. The highest BCUT2D eigenvalue weighted by molar-refractivity contribution is 6.02. The second-order valence-corrected chi connectivity index (χ2v) is 13.4. The number of ketones is 1. The number of amides is 2. The molecule has 1 aromatic rings. The molecule has 8 heteroatoms. The van der Waals surface area contributed by atoms with Crippen LogP contribution >= 0.6 is 0 Å². The van der Waals surface area contributed by atoms with E-state index in [1.54, 1.807) is 25.1 Å². The van der Waals surface area contributed by atoms with Gasteiger partial charge in [0.25, 0.3) is 5.91 Å². The van der Waals surface area contributed by atoms with Crippen molar-refractivity contribution in [2.75, 3.05) is 20.2 Å². The zero-order valence-electron chi connectivity index (χ0n) is 25.9. The zero-order valence-corrected chi connectivity index (χ0v) is 25.9. The van der Waals surface area contributed by atoms with Gasteiger partial charge in [-0.3, -0.25) is 9.59 Å². The number of methoxy groups -OCH3 is 1. The molecule has 0 aliphatic heterocycles. The first-order valence-electron chi connectivity index (χ1n) is 15.8. The minimum absolute atomic E-state index is 0.0467. The number of allylic oxidation sites excluding steroid dienone is 1. The maximum Gasteiger partial charge on any atom is 0.407 e. The van der Waals surface area contributed by atoms with Crippen molar-refractivity contribution in [3.63, 3.8) is 0 Å². The summed E-state index contributed by atoms with van der Waals surface area (Å²) in [7, 11) is 1.53. The largest absolute Gasteiger partial charge is 0.496 e. The normalized spacial score (nSPS) is 33.0. The first-order valence-corrected chi connectivity index (χ1v) is 15.8. The molecule has 0 saturated heterocycles. The number of alkyl carbamates (subject to hydrolysis) is 1. The van der Waals surface area contributed by atoms with Gasteiger partial charge in [0.2, 0.25) is 0 Å². The molecule has 43 heavy (non-hydrogen) atoms. The number of ether oxygens (including phenoxy) is 2. The fraction of sp³-hybridized carbons (Fsp3) is 0.600. The number of para-hydroxylation sites is 1. The molecule has 2 N–H and O–H groups in total. The van der Waals surface area contributed by atoms with Gasteiger partial charge >= 0.3 is 6.09 Å². The average molecular weight is 588 g/mol. The number of nitrogens with zero attached hydrogens (tertiary/aromatic N) is 1. The molecule has 2 amide bonds. The maximum atomic E-state index is 12.6. The van der Waals surface area contributed by atoms with E-state index in [0.29, 0.717) is 34.8 Å². The number of fused-ring (bicyclic) bond motifs is 5. The number of rotatable bonds is 8. The van der Waals surface area contributed by atoms with E-state index >= 15 is 0 Å². The number of nitrogens with one attached hydrogen (secondary N) is 2. The SMILES string of the molecule is COc1ccccc1/C=C(\C#N)C(=O)NCCNC(=O)O[C@H]1CC[C@@]2(C)C(=CC[C@H]3[C@@H]4CC[C@H](C(C)=O)[C@@]4(C)CC[C@@H]32)C1. The van der Waals surface area contributed by atoms with Gasteiger partial charge in [-0.05, 0) is 92.6 Å². The molecule has 0 unspecified atom stereocenters. The lowest BCUT2D eigenvalue weighted by Gasteiger charge is -2.58.